The molecule has 0 radical (unpaired) electrons. The Bertz CT molecular complexity index is 787. The van der Waals surface area contributed by atoms with Gasteiger partial charge in [-0.25, -0.2) is 4.63 Å². The molecule has 2 N–H and O–H groups in total. The molecule has 3 heterocycles. The van der Waals surface area contributed by atoms with Crippen LogP contribution in [0, 0.1) is 15.3 Å². The van der Waals surface area contributed by atoms with Gasteiger partial charge in [-0.15, -0.1) is 4.63 Å². The van der Waals surface area contributed by atoms with E-state index in [1.165, 1.54) is 0 Å². The van der Waals surface area contributed by atoms with Crippen LogP contribution in [0.5, 0.6) is 0 Å². The maximum atomic E-state index is 11.6. The van der Waals surface area contributed by atoms with Crippen LogP contribution >= 0.6 is 0 Å². The van der Waals surface area contributed by atoms with Gasteiger partial charge in [0.05, 0.1) is 0 Å². The monoisotopic (exact) mass is 282 g/mol. The molecule has 0 aliphatic heterocycles. The lowest BCUT2D eigenvalue weighted by Gasteiger charge is -1.92. The molecule has 0 aliphatic carbocycles. The number of hydrogen-bond acceptors (Lipinski definition) is 12. The quantitative estimate of drug-likeness (QED) is 0.345. The number of anilines is 1. The maximum absolute atomic E-state index is 11.6. The van der Waals surface area contributed by atoms with E-state index in [0.29, 0.717) is 0 Å². The van der Waals surface area contributed by atoms with Crippen molar-refractivity contribution < 1.29 is 23.7 Å². The van der Waals surface area contributed by atoms with E-state index in [2.05, 4.69) is 39.7 Å². The highest BCUT2D eigenvalue weighted by Crippen LogP contribution is 2.32. The van der Waals surface area contributed by atoms with Crippen LogP contribution in [-0.4, -0.2) is 30.7 Å². The summed E-state index contributed by atoms with van der Waals surface area (Å²) in [6, 6.07) is 0. The zero-order valence-corrected chi connectivity index (χ0v) is 9.16. The van der Waals surface area contributed by atoms with Crippen molar-refractivity contribution >= 4 is 11.6 Å². The van der Waals surface area contributed by atoms with E-state index in [0.717, 1.165) is 0 Å². The van der Waals surface area contributed by atoms with E-state index >= 15 is 0 Å². The molecule has 0 bridgehead atoms. The predicted molar refractivity (Wildman–Crippen MR) is 53.1 cm³/mol. The molecule has 0 fully saturated rings. The molecule has 14 nitrogen and oxygen atoms in total. The van der Waals surface area contributed by atoms with Crippen LogP contribution < -0.4 is 10.6 Å². The summed E-state index contributed by atoms with van der Waals surface area (Å²) in [7, 11) is 0. The largest absolute Gasteiger partial charge is 0.446 e. The van der Waals surface area contributed by atoms with Crippen molar-refractivity contribution in [3.05, 3.63) is 15.3 Å². The zero-order chi connectivity index (χ0) is 14.3. The molecule has 0 saturated carbocycles. The van der Waals surface area contributed by atoms with Gasteiger partial charge in [0.2, 0.25) is 11.5 Å². The molecular weight excluding hydrogens is 280 g/mol. The standard InChI is InChI=1S/C6H2N8O6/c7-5-2(8-18-11-5)1-4(14(17)20-10-1)3-6(13(15)16)12-19-9-3/h(H2,7,11). The van der Waals surface area contributed by atoms with Gasteiger partial charge in [0.25, 0.3) is 17.1 Å². The van der Waals surface area contributed by atoms with E-state index in [-0.39, 0.29) is 22.1 Å². The first kappa shape index (κ1) is 11.5. The summed E-state index contributed by atoms with van der Waals surface area (Å²) in [4.78, 5) is 9.74. The van der Waals surface area contributed by atoms with E-state index < -0.39 is 22.1 Å². The van der Waals surface area contributed by atoms with Crippen molar-refractivity contribution in [3.63, 3.8) is 0 Å². The van der Waals surface area contributed by atoms with Crippen LogP contribution in [0.2, 0.25) is 0 Å². The summed E-state index contributed by atoms with van der Waals surface area (Å²) in [5, 5.41) is 38.7. The van der Waals surface area contributed by atoms with Gasteiger partial charge < -0.3 is 21.1 Å². The first-order valence-electron chi connectivity index (χ1n) is 4.75. The van der Waals surface area contributed by atoms with Crippen LogP contribution in [0.4, 0.5) is 11.6 Å². The zero-order valence-electron chi connectivity index (χ0n) is 9.16. The summed E-state index contributed by atoms with van der Waals surface area (Å²) in [6.45, 7) is 0. The second-order valence-electron chi connectivity index (χ2n) is 3.32. The number of rotatable bonds is 3. The van der Waals surface area contributed by atoms with Gasteiger partial charge in [0, 0.05) is 5.16 Å². The lowest BCUT2D eigenvalue weighted by Crippen LogP contribution is -2.25. The Morgan fingerprint density at radius 1 is 1.05 bits per heavy atom. The van der Waals surface area contributed by atoms with E-state index in [1.807, 2.05) is 0 Å². The van der Waals surface area contributed by atoms with Crippen LogP contribution in [-0.2, 0) is 0 Å². The highest BCUT2D eigenvalue weighted by Gasteiger charge is 2.37. The molecular formula is C6H2N8O6. The SMILES string of the molecule is Nc1nonc1-c1no[n+]([O-])c1-c1nonc1[N+](=O)[O-]. The summed E-state index contributed by atoms with van der Waals surface area (Å²) >= 11 is 0. The number of hydrogen-bond donors (Lipinski definition) is 1. The molecule has 14 heteroatoms. The summed E-state index contributed by atoms with van der Waals surface area (Å²) in [5.41, 5.74) is 4.10. The molecule has 0 atom stereocenters. The Morgan fingerprint density at radius 2 is 1.75 bits per heavy atom. The van der Waals surface area contributed by atoms with Crippen LogP contribution in [0.15, 0.2) is 13.9 Å². The van der Waals surface area contributed by atoms with Crippen LogP contribution in [0.1, 0.15) is 0 Å². The Balaban J connectivity index is 2.25. The normalized spacial score (nSPS) is 10.8. The van der Waals surface area contributed by atoms with Gasteiger partial charge in [-0.05, 0) is 25.3 Å². The van der Waals surface area contributed by atoms with Gasteiger partial charge in [-0.3, -0.25) is 4.63 Å². The molecule has 0 aliphatic rings. The first-order chi connectivity index (χ1) is 9.59. The van der Waals surface area contributed by atoms with Gasteiger partial charge in [-0.2, -0.15) is 0 Å². The second-order valence-corrected chi connectivity index (χ2v) is 3.32. The first-order valence-corrected chi connectivity index (χ1v) is 4.75. The van der Waals surface area contributed by atoms with Crippen molar-refractivity contribution in [1.82, 2.24) is 25.8 Å². The summed E-state index contributed by atoms with van der Waals surface area (Å²) < 4.78 is 12.9. The number of aromatic nitrogens is 6. The van der Waals surface area contributed by atoms with Gasteiger partial charge in [-0.1, -0.05) is 0 Å². The van der Waals surface area contributed by atoms with E-state index in [1.54, 1.807) is 0 Å². The van der Waals surface area contributed by atoms with Crippen molar-refractivity contribution in [1.29, 1.82) is 0 Å². The number of nitrogens with two attached hydrogens (primary N) is 1. The Labute approximate surface area is 106 Å². The molecule has 20 heavy (non-hydrogen) atoms. The summed E-state index contributed by atoms with van der Waals surface area (Å²) in [6.07, 6.45) is 0. The van der Waals surface area contributed by atoms with Crippen molar-refractivity contribution in [2.45, 2.75) is 0 Å². The van der Waals surface area contributed by atoms with Crippen molar-refractivity contribution in [2.24, 2.45) is 0 Å². The molecule has 3 rings (SSSR count). The number of nitrogens with zero attached hydrogens (tertiary/aromatic N) is 7. The molecule has 0 aromatic carbocycles. The van der Waals surface area contributed by atoms with Gasteiger partial charge >= 0.3 is 5.82 Å². The average molecular weight is 282 g/mol. The fourth-order valence-electron chi connectivity index (χ4n) is 1.42. The minimum absolute atomic E-state index is 0.129. The Kier molecular flexibility index (Phi) is 2.28. The highest BCUT2D eigenvalue weighted by molar-refractivity contribution is 5.78. The van der Waals surface area contributed by atoms with Crippen molar-refractivity contribution in [2.75, 3.05) is 5.73 Å². The second kappa shape index (κ2) is 3.97. The molecule has 3 aromatic heterocycles. The smallest absolute Gasteiger partial charge is 0.379 e. The van der Waals surface area contributed by atoms with Crippen LogP contribution in [0.25, 0.3) is 22.8 Å². The molecule has 0 spiro atoms. The van der Waals surface area contributed by atoms with Gasteiger partial charge in [0.15, 0.2) is 5.16 Å². The fourth-order valence-corrected chi connectivity index (χ4v) is 1.42. The van der Waals surface area contributed by atoms with Gasteiger partial charge in [0.1, 0.15) is 0 Å². The topological polar surface area (TPSA) is 200 Å². The lowest BCUT2D eigenvalue weighted by molar-refractivity contribution is -0.793. The third-order valence-electron chi connectivity index (χ3n) is 2.22. The molecule has 0 unspecified atom stereocenters. The number of nitrogen functional groups attached to an aromatic ring is 1. The Morgan fingerprint density at radius 3 is 2.40 bits per heavy atom. The van der Waals surface area contributed by atoms with Crippen LogP contribution in [0.3, 0.4) is 0 Å². The lowest BCUT2D eigenvalue weighted by atomic mass is 10.2. The average Bonchev–Trinajstić information content (AvgIpc) is 3.07. The third-order valence-corrected chi connectivity index (χ3v) is 2.22. The molecule has 102 valence electrons. The van der Waals surface area contributed by atoms with E-state index in [4.69, 9.17) is 5.73 Å². The third kappa shape index (κ3) is 1.51. The number of nitro groups is 1. The minimum Gasteiger partial charge on any atom is -0.379 e. The molecule has 0 amide bonds. The van der Waals surface area contributed by atoms with Crippen molar-refractivity contribution in [3.8, 4) is 22.8 Å². The highest BCUT2D eigenvalue weighted by atomic mass is 16.8. The molecule has 3 aromatic rings. The van der Waals surface area contributed by atoms with E-state index in [9.17, 15) is 15.3 Å². The molecule has 0 saturated heterocycles. The fraction of sp³-hybridized carbons (Fsp3) is 0. The Hall–Kier alpha value is -3.58. The minimum atomic E-state index is -0.896. The summed E-state index contributed by atoms with van der Waals surface area (Å²) in [5.74, 6) is -0.992. The predicted octanol–water partition coefficient (Wildman–Crippen LogP) is -1.10. The maximum Gasteiger partial charge on any atom is 0.446 e.